The number of hydrogen-bond donors (Lipinski definition) is 2. The molecule has 1 fully saturated rings. The molecule has 1 aliphatic rings. The molecule has 3 aromatic carbocycles. The highest BCUT2D eigenvalue weighted by Crippen LogP contribution is 2.32. The number of benzene rings is 3. The number of anilines is 1. The van der Waals surface area contributed by atoms with Crippen molar-refractivity contribution >= 4 is 39.7 Å². The third-order valence-corrected chi connectivity index (χ3v) is 6.55. The molecule has 0 aromatic heterocycles. The summed E-state index contributed by atoms with van der Waals surface area (Å²) in [5, 5.41) is 11.6. The van der Waals surface area contributed by atoms with Crippen LogP contribution >= 0.6 is 0 Å². The Labute approximate surface area is 212 Å². The van der Waals surface area contributed by atoms with Crippen molar-refractivity contribution in [2.75, 3.05) is 11.5 Å². The Kier molecular flexibility index (Phi) is 6.98. The van der Waals surface area contributed by atoms with Gasteiger partial charge in [0.15, 0.2) is 11.5 Å². The summed E-state index contributed by atoms with van der Waals surface area (Å²) in [7, 11) is -4.15. The van der Waals surface area contributed by atoms with Gasteiger partial charge in [-0.15, -0.1) is 0 Å². The predicted molar refractivity (Wildman–Crippen MR) is 134 cm³/mol. The molecule has 1 heterocycles. The van der Waals surface area contributed by atoms with Crippen LogP contribution in [0.3, 0.4) is 0 Å². The Morgan fingerprint density at radius 2 is 1.62 bits per heavy atom. The average molecular weight is 523 g/mol. The van der Waals surface area contributed by atoms with Gasteiger partial charge < -0.3 is 14.0 Å². The number of barbiturate groups is 1. The molecule has 11 heteroatoms. The molecule has 1 saturated heterocycles. The number of imide groups is 2. The van der Waals surface area contributed by atoms with Crippen molar-refractivity contribution in [2.24, 2.45) is 0 Å². The van der Waals surface area contributed by atoms with E-state index in [1.165, 1.54) is 60.7 Å². The van der Waals surface area contributed by atoms with Gasteiger partial charge in [0.05, 0.1) is 12.3 Å². The highest BCUT2D eigenvalue weighted by molar-refractivity contribution is 7.87. The molecule has 10 nitrogen and oxygen atoms in total. The van der Waals surface area contributed by atoms with Crippen molar-refractivity contribution in [2.45, 2.75) is 18.7 Å². The summed E-state index contributed by atoms with van der Waals surface area (Å²) in [5.74, 6) is -1.84. The van der Waals surface area contributed by atoms with Gasteiger partial charge in [-0.2, -0.15) is 8.42 Å². The largest absolute Gasteiger partial charge is 0.508 e. The number of nitrogens with zero attached hydrogens (tertiary/aromatic N) is 1. The molecule has 3 aromatic rings. The number of carbonyl (C=O) groups excluding carboxylic acids is 3. The Balaban J connectivity index is 1.67. The summed E-state index contributed by atoms with van der Waals surface area (Å²) in [6.45, 7) is 3.71. The maximum absolute atomic E-state index is 13.1. The minimum Gasteiger partial charge on any atom is -0.508 e. The molecule has 4 amide bonds. The summed E-state index contributed by atoms with van der Waals surface area (Å²) in [6.07, 6.45) is 1.25. The van der Waals surface area contributed by atoms with Gasteiger partial charge in [-0.05, 0) is 74.0 Å². The van der Waals surface area contributed by atoms with Crippen LogP contribution in [-0.2, 0) is 19.7 Å². The van der Waals surface area contributed by atoms with E-state index in [2.05, 4.69) is 5.32 Å². The third kappa shape index (κ3) is 5.46. The summed E-state index contributed by atoms with van der Waals surface area (Å²) in [5.41, 5.74) is 1.02. The summed E-state index contributed by atoms with van der Waals surface area (Å²) in [6, 6.07) is 14.7. The first-order chi connectivity index (χ1) is 17.6. The van der Waals surface area contributed by atoms with Gasteiger partial charge in [0.1, 0.15) is 16.2 Å². The van der Waals surface area contributed by atoms with Gasteiger partial charge in [-0.3, -0.25) is 14.9 Å². The lowest BCUT2D eigenvalue weighted by atomic mass is 10.1. The maximum atomic E-state index is 13.1. The van der Waals surface area contributed by atoms with Crippen LogP contribution in [0.25, 0.3) is 6.08 Å². The first-order valence-electron chi connectivity index (χ1n) is 11.1. The molecule has 0 atom stereocenters. The lowest BCUT2D eigenvalue weighted by Gasteiger charge is -2.26. The highest BCUT2D eigenvalue weighted by Gasteiger charge is 2.36. The third-order valence-electron chi connectivity index (χ3n) is 5.30. The lowest BCUT2D eigenvalue weighted by molar-refractivity contribution is -0.122. The minimum atomic E-state index is -4.15. The van der Waals surface area contributed by atoms with Crippen LogP contribution in [0.2, 0.25) is 0 Å². The molecule has 4 rings (SSSR count). The van der Waals surface area contributed by atoms with Crippen LogP contribution in [-0.4, -0.2) is 38.0 Å². The molecule has 1 aliphatic heterocycles. The van der Waals surface area contributed by atoms with E-state index in [0.717, 1.165) is 10.5 Å². The van der Waals surface area contributed by atoms with Gasteiger partial charge in [-0.1, -0.05) is 23.8 Å². The fourth-order valence-electron chi connectivity index (χ4n) is 3.48. The van der Waals surface area contributed by atoms with Crippen LogP contribution in [0.4, 0.5) is 10.5 Å². The number of carbonyl (C=O) groups is 3. The second kappa shape index (κ2) is 10.2. The molecule has 0 spiro atoms. The monoisotopic (exact) mass is 522 g/mol. The van der Waals surface area contributed by atoms with Gasteiger partial charge in [0.2, 0.25) is 0 Å². The summed E-state index contributed by atoms with van der Waals surface area (Å²) >= 11 is 0. The number of phenolic OH excluding ortho intramolecular Hbond substituents is 1. The molecule has 190 valence electrons. The molecule has 2 N–H and O–H groups in total. The number of urea groups is 1. The zero-order valence-corrected chi connectivity index (χ0v) is 20.6. The Bertz CT molecular complexity index is 1510. The van der Waals surface area contributed by atoms with Gasteiger partial charge in [-0.25, -0.2) is 9.69 Å². The number of aromatic hydroxyl groups is 1. The molecule has 0 saturated carbocycles. The number of amides is 4. The maximum Gasteiger partial charge on any atom is 0.339 e. The van der Waals surface area contributed by atoms with Crippen LogP contribution in [0.5, 0.6) is 17.2 Å². The van der Waals surface area contributed by atoms with E-state index < -0.39 is 28.0 Å². The van der Waals surface area contributed by atoms with Crippen LogP contribution < -0.4 is 19.1 Å². The zero-order chi connectivity index (χ0) is 26.7. The summed E-state index contributed by atoms with van der Waals surface area (Å²) < 4.78 is 36.3. The number of nitrogens with one attached hydrogen (secondary N) is 1. The highest BCUT2D eigenvalue weighted by atomic mass is 32.2. The Hall–Kier alpha value is -4.64. The number of hydrogen-bond acceptors (Lipinski definition) is 8. The van der Waals surface area contributed by atoms with Crippen LogP contribution in [0, 0.1) is 6.92 Å². The Morgan fingerprint density at radius 1 is 0.946 bits per heavy atom. The molecular formula is C26H22N2O8S. The van der Waals surface area contributed by atoms with E-state index in [-0.39, 0.29) is 40.0 Å². The first kappa shape index (κ1) is 25.5. The zero-order valence-electron chi connectivity index (χ0n) is 19.8. The molecule has 37 heavy (non-hydrogen) atoms. The fourth-order valence-corrected chi connectivity index (χ4v) is 4.42. The summed E-state index contributed by atoms with van der Waals surface area (Å²) in [4.78, 5) is 38.6. The average Bonchev–Trinajstić information content (AvgIpc) is 2.84. The van der Waals surface area contributed by atoms with E-state index in [9.17, 15) is 27.9 Å². The van der Waals surface area contributed by atoms with E-state index in [1.807, 2.05) is 6.92 Å². The van der Waals surface area contributed by atoms with Crippen LogP contribution in [0.1, 0.15) is 18.1 Å². The first-order valence-corrected chi connectivity index (χ1v) is 12.5. The second-order valence-corrected chi connectivity index (χ2v) is 9.51. The van der Waals surface area contributed by atoms with Crippen molar-refractivity contribution in [3.63, 3.8) is 0 Å². The van der Waals surface area contributed by atoms with E-state index >= 15 is 0 Å². The molecule has 0 unspecified atom stereocenters. The van der Waals surface area contributed by atoms with E-state index in [4.69, 9.17) is 8.92 Å². The van der Waals surface area contributed by atoms with Crippen LogP contribution in [0.15, 0.2) is 77.2 Å². The number of aryl methyl sites for hydroxylation is 1. The topological polar surface area (TPSA) is 139 Å². The number of phenols is 1. The van der Waals surface area contributed by atoms with Crippen molar-refractivity contribution in [1.82, 2.24) is 5.32 Å². The van der Waals surface area contributed by atoms with Gasteiger partial charge in [0, 0.05) is 0 Å². The predicted octanol–water partition coefficient (Wildman–Crippen LogP) is 3.53. The van der Waals surface area contributed by atoms with E-state index in [0.29, 0.717) is 5.56 Å². The van der Waals surface area contributed by atoms with Gasteiger partial charge in [0.25, 0.3) is 11.8 Å². The van der Waals surface area contributed by atoms with Crippen molar-refractivity contribution in [1.29, 1.82) is 0 Å². The molecule has 0 aliphatic carbocycles. The second-order valence-electron chi connectivity index (χ2n) is 7.96. The molecule has 0 bridgehead atoms. The quantitative estimate of drug-likeness (QED) is 0.273. The smallest absolute Gasteiger partial charge is 0.339 e. The number of ether oxygens (including phenoxy) is 1. The van der Waals surface area contributed by atoms with Crippen molar-refractivity contribution in [3.8, 4) is 17.2 Å². The van der Waals surface area contributed by atoms with Crippen molar-refractivity contribution in [3.05, 3.63) is 83.4 Å². The SMILES string of the molecule is CCOc1cc(/C=C2\C(=O)NC(=O)N(c3ccc(O)cc3)C2=O)ccc1OS(=O)(=O)c1ccc(C)cc1. The molecular weight excluding hydrogens is 500 g/mol. The lowest BCUT2D eigenvalue weighted by Crippen LogP contribution is -2.54. The fraction of sp³-hybridized carbons (Fsp3) is 0.115. The minimum absolute atomic E-state index is 0.0322. The van der Waals surface area contributed by atoms with Crippen molar-refractivity contribution < 1.29 is 36.8 Å². The normalized spacial score (nSPS) is 15.0. The number of rotatable bonds is 7. The molecule has 0 radical (unpaired) electrons. The van der Waals surface area contributed by atoms with Gasteiger partial charge >= 0.3 is 16.1 Å². The van der Waals surface area contributed by atoms with E-state index in [1.54, 1.807) is 19.1 Å². The standard InChI is InChI=1S/C26H22N2O8S/c1-3-35-23-15-17(6-13-22(23)36-37(33,34)20-11-4-16(2)5-12-20)14-21-24(30)27-26(32)28(25(21)31)18-7-9-19(29)10-8-18/h4-15,29H,3H2,1-2H3,(H,27,30,32)/b21-14+. The Morgan fingerprint density at radius 3 is 2.27 bits per heavy atom.